The molecule has 3 atom stereocenters. The summed E-state index contributed by atoms with van der Waals surface area (Å²) in [4.78, 5) is 18.2. The molecule has 4 aliphatic heterocycles. The molecule has 2 aromatic rings. The second kappa shape index (κ2) is 6.41. The number of nitrogens with zero attached hydrogens (tertiary/aromatic N) is 3. The molecule has 0 unspecified atom stereocenters. The van der Waals surface area contributed by atoms with Crippen molar-refractivity contribution in [3.8, 4) is 5.75 Å². The van der Waals surface area contributed by atoms with Crippen LogP contribution in [-0.2, 0) is 7.05 Å². The Morgan fingerprint density at radius 2 is 1.85 bits per heavy atom. The highest BCUT2D eigenvalue weighted by Gasteiger charge is 2.55. The number of carbonyl (C=O) groups is 1. The lowest BCUT2D eigenvalue weighted by molar-refractivity contribution is -0.00377. The Morgan fingerprint density at radius 3 is 2.56 bits per heavy atom. The number of aryl methyl sites for hydroxylation is 1. The molecule has 1 aromatic heterocycles. The average Bonchev–Trinajstić information content (AvgIpc) is 3.33. The summed E-state index contributed by atoms with van der Waals surface area (Å²) in [5, 5.41) is 0. The van der Waals surface area contributed by atoms with Gasteiger partial charge in [0.2, 0.25) is 0 Å². The van der Waals surface area contributed by atoms with E-state index in [0.717, 1.165) is 31.1 Å². The number of benzene rings is 1. The van der Waals surface area contributed by atoms with E-state index >= 15 is 0 Å². The molecule has 1 amide bonds. The predicted octanol–water partition coefficient (Wildman–Crippen LogP) is 2.74. The molecule has 0 radical (unpaired) electrons. The van der Waals surface area contributed by atoms with Crippen LogP contribution in [0.15, 0.2) is 42.6 Å². The normalized spacial score (nSPS) is 31.8. The number of likely N-dealkylation sites (tertiary alicyclic amines) is 1. The maximum Gasteiger partial charge on any atom is 0.270 e. The van der Waals surface area contributed by atoms with Crippen LogP contribution in [0.3, 0.4) is 0 Å². The van der Waals surface area contributed by atoms with Crippen LogP contribution in [0.2, 0.25) is 0 Å². The third-order valence-electron chi connectivity index (χ3n) is 6.96. The minimum Gasteiger partial charge on any atom is -0.496 e. The molecule has 0 saturated carbocycles. The van der Waals surface area contributed by atoms with E-state index in [4.69, 9.17) is 4.74 Å². The van der Waals surface area contributed by atoms with Crippen LogP contribution >= 0.6 is 0 Å². The zero-order valence-electron chi connectivity index (χ0n) is 16.0. The summed E-state index contributed by atoms with van der Waals surface area (Å²) in [5.74, 6) is 2.03. The molecule has 6 rings (SSSR count). The summed E-state index contributed by atoms with van der Waals surface area (Å²) in [6.45, 7) is 3.08. The Kier molecular flexibility index (Phi) is 4.01. The molecule has 2 bridgehead atoms. The van der Waals surface area contributed by atoms with Crippen molar-refractivity contribution in [3.05, 3.63) is 53.9 Å². The van der Waals surface area contributed by atoms with Gasteiger partial charge in [-0.05, 0) is 50.0 Å². The number of rotatable bonds is 3. The summed E-state index contributed by atoms with van der Waals surface area (Å²) in [6, 6.07) is 12.9. The smallest absolute Gasteiger partial charge is 0.270 e. The monoisotopic (exact) mass is 365 g/mol. The molecule has 0 aliphatic carbocycles. The van der Waals surface area contributed by atoms with Crippen molar-refractivity contribution in [2.45, 2.75) is 30.8 Å². The van der Waals surface area contributed by atoms with Crippen molar-refractivity contribution >= 4 is 5.91 Å². The van der Waals surface area contributed by atoms with E-state index in [1.54, 1.807) is 7.11 Å². The Balaban J connectivity index is 1.56. The minimum atomic E-state index is 0.170. The molecule has 4 fully saturated rings. The van der Waals surface area contributed by atoms with E-state index in [1.165, 1.54) is 18.4 Å². The van der Waals surface area contributed by atoms with Gasteiger partial charge >= 0.3 is 0 Å². The predicted molar refractivity (Wildman–Crippen MR) is 104 cm³/mol. The van der Waals surface area contributed by atoms with E-state index in [1.807, 2.05) is 42.1 Å². The van der Waals surface area contributed by atoms with Crippen LogP contribution < -0.4 is 4.74 Å². The molecule has 4 saturated heterocycles. The van der Waals surface area contributed by atoms with Crippen molar-refractivity contribution in [2.24, 2.45) is 13.0 Å². The van der Waals surface area contributed by atoms with Gasteiger partial charge in [-0.1, -0.05) is 18.2 Å². The Hall–Kier alpha value is -2.27. The zero-order chi connectivity index (χ0) is 18.5. The summed E-state index contributed by atoms with van der Waals surface area (Å²) in [5.41, 5.74) is 2.02. The maximum absolute atomic E-state index is 13.4. The number of amides is 1. The van der Waals surface area contributed by atoms with Gasteiger partial charge in [0, 0.05) is 37.3 Å². The molecule has 27 heavy (non-hydrogen) atoms. The molecule has 4 aliphatic rings. The molecule has 1 aromatic carbocycles. The lowest BCUT2D eigenvalue weighted by Gasteiger charge is -2.51. The van der Waals surface area contributed by atoms with Gasteiger partial charge in [0.25, 0.3) is 5.91 Å². The number of carbonyl (C=O) groups excluding carboxylic acids is 1. The lowest BCUT2D eigenvalue weighted by atomic mass is 9.75. The molecule has 5 heteroatoms. The van der Waals surface area contributed by atoms with Crippen molar-refractivity contribution in [1.82, 2.24) is 14.4 Å². The first kappa shape index (κ1) is 16.9. The fraction of sp³-hybridized carbons (Fsp3) is 0.500. The Labute approximate surface area is 160 Å². The minimum absolute atomic E-state index is 0.170. The van der Waals surface area contributed by atoms with Gasteiger partial charge in [-0.2, -0.15) is 0 Å². The zero-order valence-corrected chi connectivity index (χ0v) is 16.0. The second-order valence-corrected chi connectivity index (χ2v) is 8.16. The summed E-state index contributed by atoms with van der Waals surface area (Å²) in [7, 11) is 3.69. The molecular weight excluding hydrogens is 338 g/mol. The summed E-state index contributed by atoms with van der Waals surface area (Å²) < 4.78 is 7.62. The van der Waals surface area contributed by atoms with Crippen molar-refractivity contribution < 1.29 is 9.53 Å². The van der Waals surface area contributed by atoms with Gasteiger partial charge < -0.3 is 14.2 Å². The fourth-order valence-corrected chi connectivity index (χ4v) is 5.73. The third kappa shape index (κ3) is 2.52. The van der Waals surface area contributed by atoms with Crippen LogP contribution in [-0.4, -0.2) is 59.1 Å². The quantitative estimate of drug-likeness (QED) is 0.839. The first-order chi connectivity index (χ1) is 13.2. The van der Waals surface area contributed by atoms with Gasteiger partial charge in [0.05, 0.1) is 13.2 Å². The maximum atomic E-state index is 13.4. The second-order valence-electron chi connectivity index (χ2n) is 8.16. The van der Waals surface area contributed by atoms with E-state index in [9.17, 15) is 4.79 Å². The number of methoxy groups -OCH3 is 1. The van der Waals surface area contributed by atoms with Gasteiger partial charge in [0.15, 0.2) is 0 Å². The Bertz CT molecular complexity index is 853. The van der Waals surface area contributed by atoms with Gasteiger partial charge in [-0.25, -0.2) is 0 Å². The number of fused-ring (bicyclic) bond motifs is 2. The number of hydrogen-bond donors (Lipinski definition) is 0. The van der Waals surface area contributed by atoms with E-state index < -0.39 is 0 Å². The lowest BCUT2D eigenvalue weighted by Crippen LogP contribution is -2.60. The molecule has 0 spiro atoms. The van der Waals surface area contributed by atoms with Crippen molar-refractivity contribution in [3.63, 3.8) is 0 Å². The van der Waals surface area contributed by atoms with Crippen molar-refractivity contribution in [1.29, 1.82) is 0 Å². The highest BCUT2D eigenvalue weighted by Crippen LogP contribution is 2.48. The Morgan fingerprint density at radius 1 is 1.07 bits per heavy atom. The molecule has 142 valence electrons. The van der Waals surface area contributed by atoms with Crippen LogP contribution in [0.25, 0.3) is 0 Å². The van der Waals surface area contributed by atoms with Crippen LogP contribution in [0.5, 0.6) is 5.75 Å². The number of para-hydroxylation sites is 1. The number of aromatic nitrogens is 1. The van der Waals surface area contributed by atoms with Gasteiger partial charge in [-0.3, -0.25) is 9.69 Å². The number of ether oxygens (including phenoxy) is 1. The van der Waals surface area contributed by atoms with Crippen LogP contribution in [0.1, 0.15) is 34.8 Å². The van der Waals surface area contributed by atoms with Crippen LogP contribution in [0.4, 0.5) is 0 Å². The number of piperidine rings is 3. The number of hydrogen-bond acceptors (Lipinski definition) is 3. The molecule has 5 nitrogen and oxygen atoms in total. The van der Waals surface area contributed by atoms with E-state index in [0.29, 0.717) is 23.9 Å². The molecule has 5 heterocycles. The summed E-state index contributed by atoms with van der Waals surface area (Å²) in [6.07, 6.45) is 4.36. The molecule has 0 N–H and O–H groups in total. The topological polar surface area (TPSA) is 37.7 Å². The fourth-order valence-electron chi connectivity index (χ4n) is 5.73. The molecular formula is C22H27N3O2. The standard InChI is InChI=1S/C22H27N3O2/c1-23-11-5-7-18(23)22(26)25-14-17(16-6-3-4-8-19(16)27-2)21-20(25)15-9-12-24(21)13-10-15/h3-8,11,15,17,20-21H,9-10,12-14H2,1-2H3/t17-,20+,21+/m0/s1. The average molecular weight is 365 g/mol. The first-order valence-electron chi connectivity index (χ1n) is 9.98. The first-order valence-corrected chi connectivity index (χ1v) is 9.98. The highest BCUT2D eigenvalue weighted by molar-refractivity contribution is 5.93. The largest absolute Gasteiger partial charge is 0.496 e. The van der Waals surface area contributed by atoms with Crippen molar-refractivity contribution in [2.75, 3.05) is 26.7 Å². The van der Waals surface area contributed by atoms with E-state index in [-0.39, 0.29) is 5.91 Å². The van der Waals surface area contributed by atoms with Gasteiger partial charge in [-0.15, -0.1) is 0 Å². The van der Waals surface area contributed by atoms with E-state index in [2.05, 4.69) is 21.9 Å². The summed E-state index contributed by atoms with van der Waals surface area (Å²) >= 11 is 0. The third-order valence-corrected chi connectivity index (χ3v) is 6.96. The van der Waals surface area contributed by atoms with Crippen LogP contribution in [0, 0.1) is 5.92 Å². The van der Waals surface area contributed by atoms with Gasteiger partial charge in [0.1, 0.15) is 11.4 Å². The SMILES string of the molecule is COc1ccccc1[C@@H]1CN(C(=O)c2cccn2C)[C@@H]2C3CCN(CC3)[C@@H]21. The highest BCUT2D eigenvalue weighted by atomic mass is 16.5.